The maximum absolute atomic E-state index is 2.60. The first-order chi connectivity index (χ1) is 4.94. The second-order valence-electron chi connectivity index (χ2n) is 5.17. The molecule has 0 nitrogen and oxygen atoms in total. The minimum absolute atomic E-state index is 0.217. The molecule has 0 atom stereocenters. The van der Waals surface area contributed by atoms with E-state index < -0.39 is 17.9 Å². The fourth-order valence-corrected chi connectivity index (χ4v) is 10.6. The van der Waals surface area contributed by atoms with Gasteiger partial charge >= 0.3 is 73.0 Å². The summed E-state index contributed by atoms with van der Waals surface area (Å²) in [5.41, 5.74) is 0. The third-order valence-electron chi connectivity index (χ3n) is 3.20. The first-order valence-electron chi connectivity index (χ1n) is 4.53. The van der Waals surface area contributed by atoms with Crippen molar-refractivity contribution in [1.29, 1.82) is 0 Å². The minimum atomic E-state index is -2.13. The summed E-state index contributed by atoms with van der Waals surface area (Å²) in [4.78, 5) is 0. The molecular weight excluding hydrogens is 227 g/mol. The topological polar surface area (TPSA) is 0 Å². The van der Waals surface area contributed by atoms with Gasteiger partial charge in [-0.3, -0.25) is 0 Å². The molecular formula is C9H19SiZr. The molecule has 63 valence electrons. The molecule has 0 aromatic carbocycles. The van der Waals surface area contributed by atoms with Gasteiger partial charge in [0.2, 0.25) is 0 Å². The van der Waals surface area contributed by atoms with Crippen LogP contribution in [0.1, 0.15) is 6.42 Å². The predicted molar refractivity (Wildman–Crippen MR) is 53.8 cm³/mol. The molecule has 1 aliphatic carbocycles. The van der Waals surface area contributed by atoms with Crippen LogP contribution >= 0.6 is 0 Å². The summed E-state index contributed by atoms with van der Waals surface area (Å²) < 4.78 is 9.64. The van der Waals surface area contributed by atoms with Crippen molar-refractivity contribution in [1.82, 2.24) is 0 Å². The van der Waals surface area contributed by atoms with E-state index in [9.17, 15) is 0 Å². The second kappa shape index (κ2) is 2.81. The fraction of sp³-hybridized carbons (Fsp3) is 0.556. The van der Waals surface area contributed by atoms with Crippen molar-refractivity contribution in [3.63, 3.8) is 0 Å². The SMILES string of the molecule is C[SiH2][Zr]([CH3])([CH3])([CH3])[C]1=CC=CC1. The van der Waals surface area contributed by atoms with Crippen molar-refractivity contribution >= 4 is 6.65 Å². The van der Waals surface area contributed by atoms with Crippen LogP contribution in [0.4, 0.5) is 0 Å². The van der Waals surface area contributed by atoms with Crippen LogP contribution < -0.4 is 0 Å². The average Bonchev–Trinajstić information content (AvgIpc) is 2.38. The van der Waals surface area contributed by atoms with E-state index in [0.29, 0.717) is 0 Å². The Hall–Kier alpha value is 0.580. The summed E-state index contributed by atoms with van der Waals surface area (Å²) in [5.74, 6) is 0. The van der Waals surface area contributed by atoms with Gasteiger partial charge in [-0.15, -0.1) is 0 Å². The van der Waals surface area contributed by atoms with Crippen molar-refractivity contribution in [2.45, 2.75) is 26.9 Å². The molecule has 0 radical (unpaired) electrons. The van der Waals surface area contributed by atoms with E-state index in [0.717, 1.165) is 0 Å². The number of hydrogen-bond donors (Lipinski definition) is 0. The van der Waals surface area contributed by atoms with Gasteiger partial charge in [-0.25, -0.2) is 0 Å². The van der Waals surface area contributed by atoms with Gasteiger partial charge in [0, 0.05) is 0 Å². The Morgan fingerprint density at radius 2 is 2.00 bits per heavy atom. The summed E-state index contributed by atoms with van der Waals surface area (Å²) in [6.45, 7) is 2.71. The van der Waals surface area contributed by atoms with Crippen molar-refractivity contribution in [2.75, 3.05) is 0 Å². The van der Waals surface area contributed by atoms with Gasteiger partial charge in [0.1, 0.15) is 0 Å². The zero-order chi connectivity index (χ0) is 8.56. The standard InChI is InChI=1S/C5H5.CH5Si.3CH3.Zr/c1-2-4-5-3-1;1-2;;;;/h1-3H,4H2;2H2,1H3;3*1H3;. The maximum atomic E-state index is 2.60. The first kappa shape index (κ1) is 9.67. The molecule has 0 amide bonds. The van der Waals surface area contributed by atoms with Gasteiger partial charge in [-0.05, 0) is 0 Å². The van der Waals surface area contributed by atoms with Gasteiger partial charge in [0.15, 0.2) is 0 Å². The predicted octanol–water partition coefficient (Wildman–Crippen LogP) is 2.80. The molecule has 0 aromatic rings. The van der Waals surface area contributed by atoms with Crippen LogP contribution in [0.2, 0.25) is 20.4 Å². The number of allylic oxidation sites excluding steroid dienone is 4. The molecule has 0 saturated carbocycles. The Morgan fingerprint density at radius 1 is 1.36 bits per heavy atom. The molecule has 0 fully saturated rings. The van der Waals surface area contributed by atoms with Crippen molar-refractivity contribution in [3.05, 3.63) is 21.5 Å². The van der Waals surface area contributed by atoms with E-state index in [2.05, 4.69) is 38.7 Å². The van der Waals surface area contributed by atoms with Gasteiger partial charge in [0.25, 0.3) is 0 Å². The molecule has 0 N–H and O–H groups in total. The third kappa shape index (κ3) is 2.03. The summed E-state index contributed by atoms with van der Waals surface area (Å²) in [5, 5.41) is 0. The normalized spacial score (nSPS) is 22.2. The molecule has 1 aliphatic rings. The van der Waals surface area contributed by atoms with E-state index in [1.54, 1.807) is 0 Å². The molecule has 2 heteroatoms. The average molecular weight is 247 g/mol. The first-order valence-corrected chi connectivity index (χ1v) is 20.5. The van der Waals surface area contributed by atoms with E-state index >= 15 is 0 Å². The van der Waals surface area contributed by atoms with Crippen molar-refractivity contribution in [3.8, 4) is 0 Å². The van der Waals surface area contributed by atoms with Gasteiger partial charge in [0.05, 0.1) is 0 Å². The summed E-state index contributed by atoms with van der Waals surface area (Å²) in [7, 11) is 0. The zero-order valence-corrected chi connectivity index (χ0v) is 12.0. The fourth-order valence-electron chi connectivity index (χ4n) is 1.36. The molecule has 1 rings (SSSR count). The van der Waals surface area contributed by atoms with Crippen LogP contribution in [-0.2, 0) is 17.9 Å². The molecule has 0 bridgehead atoms. The molecule has 0 aliphatic heterocycles. The molecule has 0 spiro atoms. The van der Waals surface area contributed by atoms with Crippen LogP contribution in [0.15, 0.2) is 21.5 Å². The van der Waals surface area contributed by atoms with Gasteiger partial charge in [-0.2, -0.15) is 0 Å². The van der Waals surface area contributed by atoms with Gasteiger partial charge in [-0.1, -0.05) is 0 Å². The molecule has 0 unspecified atom stereocenters. The van der Waals surface area contributed by atoms with E-state index in [4.69, 9.17) is 0 Å². The Balaban J connectivity index is 2.89. The van der Waals surface area contributed by atoms with Crippen LogP contribution in [0.25, 0.3) is 0 Å². The van der Waals surface area contributed by atoms with Crippen LogP contribution in [0, 0.1) is 0 Å². The Morgan fingerprint density at radius 3 is 2.36 bits per heavy atom. The Bertz CT molecular complexity index is 217. The quantitative estimate of drug-likeness (QED) is 0.657. The Labute approximate surface area is 72.7 Å². The molecule has 0 aromatic heterocycles. The number of hydrogen-bond acceptors (Lipinski definition) is 0. The Kier molecular flexibility index (Phi) is 2.47. The van der Waals surface area contributed by atoms with Crippen LogP contribution in [-0.4, -0.2) is 6.65 Å². The monoisotopic (exact) mass is 245 g/mol. The van der Waals surface area contributed by atoms with Crippen LogP contribution in [0.3, 0.4) is 0 Å². The number of rotatable bonds is 2. The van der Waals surface area contributed by atoms with E-state index in [1.807, 2.05) is 3.28 Å². The molecule has 0 saturated heterocycles. The van der Waals surface area contributed by atoms with Crippen LogP contribution in [0.5, 0.6) is 0 Å². The van der Waals surface area contributed by atoms with E-state index in [-0.39, 0.29) is 6.65 Å². The third-order valence-corrected chi connectivity index (χ3v) is 33.4. The summed E-state index contributed by atoms with van der Waals surface area (Å²) >= 11 is -2.13. The van der Waals surface area contributed by atoms with Crippen molar-refractivity contribution < 1.29 is 17.9 Å². The van der Waals surface area contributed by atoms with Crippen molar-refractivity contribution in [2.24, 2.45) is 0 Å². The summed E-state index contributed by atoms with van der Waals surface area (Å²) in [6.07, 6.45) is 8.21. The van der Waals surface area contributed by atoms with Gasteiger partial charge < -0.3 is 0 Å². The molecule has 11 heavy (non-hydrogen) atoms. The second-order valence-corrected chi connectivity index (χ2v) is 44.5. The van der Waals surface area contributed by atoms with E-state index in [1.165, 1.54) is 6.42 Å². The zero-order valence-electron chi connectivity index (χ0n) is 8.15. The summed E-state index contributed by atoms with van der Waals surface area (Å²) in [6, 6.07) is 0. The molecule has 0 heterocycles.